The monoisotopic (exact) mass is 429 g/mol. The highest BCUT2D eigenvalue weighted by atomic mass is 32.1. The first kappa shape index (κ1) is 25.7. The van der Waals surface area contributed by atoms with E-state index in [1.54, 1.807) is 14.2 Å². The molecule has 0 bridgehead atoms. The van der Waals surface area contributed by atoms with Crippen LogP contribution in [0.4, 0.5) is 0 Å². The largest absolute Gasteiger partial charge is 0.378 e. The molecule has 148 valence electrons. The fourth-order valence-electron chi connectivity index (χ4n) is 3.31. The zero-order valence-electron chi connectivity index (χ0n) is 16.3. The SMILES string of the molecule is CC[C@H](COC)[N@+](CC)(N[N@+](CC)(C(=S)S)[C@H](CC)COC)C(=S)S. The molecule has 0 aliphatic rings. The van der Waals surface area contributed by atoms with Gasteiger partial charge < -0.3 is 9.47 Å². The number of methoxy groups -OCH3 is 2. The van der Waals surface area contributed by atoms with Crippen molar-refractivity contribution in [3.63, 3.8) is 0 Å². The van der Waals surface area contributed by atoms with E-state index in [1.165, 1.54) is 0 Å². The van der Waals surface area contributed by atoms with Gasteiger partial charge in [-0.15, -0.1) is 0 Å². The van der Waals surface area contributed by atoms with Crippen LogP contribution in [0, 0.1) is 0 Å². The second-order valence-electron chi connectivity index (χ2n) is 6.07. The van der Waals surface area contributed by atoms with E-state index in [2.05, 4.69) is 58.5 Å². The molecule has 0 aromatic heterocycles. The molecule has 5 nitrogen and oxygen atoms in total. The molecule has 0 aliphatic heterocycles. The van der Waals surface area contributed by atoms with E-state index < -0.39 is 0 Å². The summed E-state index contributed by atoms with van der Waals surface area (Å²) >= 11 is 20.3. The van der Waals surface area contributed by atoms with Gasteiger partial charge in [0.1, 0.15) is 38.4 Å². The summed E-state index contributed by atoms with van der Waals surface area (Å²) in [6.07, 6.45) is 1.78. The Kier molecular flexibility index (Phi) is 12.5. The third kappa shape index (κ3) is 5.83. The Hall–Kier alpha value is 0.680. The van der Waals surface area contributed by atoms with Crippen molar-refractivity contribution in [3.8, 4) is 0 Å². The molecule has 9 heteroatoms. The van der Waals surface area contributed by atoms with Crippen LogP contribution in [0.1, 0.15) is 40.5 Å². The Morgan fingerprint density at radius 1 is 0.840 bits per heavy atom. The van der Waals surface area contributed by atoms with Crippen molar-refractivity contribution in [3.05, 3.63) is 0 Å². The Morgan fingerprint density at radius 2 is 1.16 bits per heavy atom. The van der Waals surface area contributed by atoms with E-state index in [0.717, 1.165) is 25.9 Å². The van der Waals surface area contributed by atoms with Crippen LogP contribution in [-0.4, -0.2) is 70.4 Å². The van der Waals surface area contributed by atoms with Gasteiger partial charge in [0.15, 0.2) is 0 Å². The molecule has 0 amide bonds. The molecule has 0 unspecified atom stereocenters. The summed E-state index contributed by atoms with van der Waals surface area (Å²) < 4.78 is 12.7. The molecular weight excluding hydrogens is 394 g/mol. The Morgan fingerprint density at radius 3 is 1.32 bits per heavy atom. The van der Waals surface area contributed by atoms with Crippen molar-refractivity contribution in [2.24, 2.45) is 0 Å². The number of thiol groups is 2. The van der Waals surface area contributed by atoms with E-state index in [-0.39, 0.29) is 12.1 Å². The van der Waals surface area contributed by atoms with Crippen molar-refractivity contribution in [2.45, 2.75) is 52.6 Å². The molecule has 0 aromatic carbocycles. The number of quaternary nitrogens is 2. The first-order valence-corrected chi connectivity index (χ1v) is 10.5. The lowest BCUT2D eigenvalue weighted by molar-refractivity contribution is -1.10. The number of likely N-dealkylation sites (N-methyl/N-ethyl adjacent to an activating group) is 2. The predicted molar refractivity (Wildman–Crippen MR) is 120 cm³/mol. The molecule has 0 heterocycles. The van der Waals surface area contributed by atoms with Crippen LogP contribution in [0.15, 0.2) is 0 Å². The number of hydrogen-bond acceptors (Lipinski definition) is 5. The topological polar surface area (TPSA) is 30.5 Å². The molecule has 0 radical (unpaired) electrons. The second-order valence-corrected chi connectivity index (χ2v) is 8.30. The van der Waals surface area contributed by atoms with Gasteiger partial charge in [0, 0.05) is 32.6 Å². The highest BCUT2D eigenvalue weighted by molar-refractivity contribution is 8.10. The maximum absolute atomic E-state index is 5.58. The highest BCUT2D eigenvalue weighted by Gasteiger charge is 2.51. The molecule has 1 N–H and O–H groups in total. The molecule has 0 saturated carbocycles. The van der Waals surface area contributed by atoms with Gasteiger partial charge >= 0.3 is 0 Å². The minimum atomic E-state index is 0.117. The maximum Gasteiger partial charge on any atom is 0.254 e. The van der Waals surface area contributed by atoms with Gasteiger partial charge in [0.2, 0.25) is 0 Å². The second kappa shape index (κ2) is 12.2. The standard InChI is InChI=1S/C16H33N3O2S4/c1-7-13(11-20-5)18(9-3,15(22)23)17-19(10-4,16(24)25)14(8-2)12-21-6/h13-14,17H,7-12H2,1-6H3/p+2/t13-,14-,18+,19+/m1/s1. The summed E-state index contributed by atoms with van der Waals surface area (Å²) in [5.41, 5.74) is 3.73. The average Bonchev–Trinajstić information content (AvgIpc) is 2.59. The summed E-state index contributed by atoms with van der Waals surface area (Å²) in [7, 11) is 3.42. The first-order valence-electron chi connectivity index (χ1n) is 8.75. The van der Waals surface area contributed by atoms with E-state index in [9.17, 15) is 0 Å². The number of thiocarbonyl (C=S) groups is 2. The highest BCUT2D eigenvalue weighted by Crippen LogP contribution is 2.26. The Balaban J connectivity index is 6.23. The fraction of sp³-hybridized carbons (Fsp3) is 0.875. The number of hydrogen-bond donors (Lipinski definition) is 3. The number of ether oxygens (including phenoxy) is 2. The number of nitrogens with zero attached hydrogens (tertiary/aromatic N) is 2. The predicted octanol–water partition coefficient (Wildman–Crippen LogP) is 3.36. The smallest absolute Gasteiger partial charge is 0.254 e. The molecule has 0 spiro atoms. The number of rotatable bonds is 12. The van der Waals surface area contributed by atoms with Crippen LogP contribution >= 0.6 is 49.7 Å². The summed E-state index contributed by atoms with van der Waals surface area (Å²) in [6.45, 7) is 11.0. The molecule has 0 aliphatic carbocycles. The minimum Gasteiger partial charge on any atom is -0.378 e. The normalized spacial score (nSPS) is 18.9. The van der Waals surface area contributed by atoms with Crippen LogP contribution in [0.3, 0.4) is 0 Å². The van der Waals surface area contributed by atoms with Crippen molar-refractivity contribution >= 4 is 58.3 Å². The van der Waals surface area contributed by atoms with Gasteiger partial charge in [0.05, 0.1) is 0 Å². The van der Waals surface area contributed by atoms with Crippen LogP contribution in [0.25, 0.3) is 0 Å². The van der Waals surface area contributed by atoms with Crippen molar-refractivity contribution in [1.29, 1.82) is 0 Å². The van der Waals surface area contributed by atoms with Gasteiger partial charge in [0.25, 0.3) is 8.64 Å². The van der Waals surface area contributed by atoms with Crippen molar-refractivity contribution in [1.82, 2.24) is 5.53 Å². The summed E-state index contributed by atoms with van der Waals surface area (Å²) in [6, 6.07) is 0.235. The zero-order valence-corrected chi connectivity index (χ0v) is 19.7. The van der Waals surface area contributed by atoms with Gasteiger partial charge in [-0.1, -0.05) is 39.1 Å². The van der Waals surface area contributed by atoms with Crippen LogP contribution < -0.4 is 5.53 Å². The zero-order chi connectivity index (χ0) is 19.7. The molecule has 25 heavy (non-hydrogen) atoms. The van der Waals surface area contributed by atoms with Gasteiger partial charge in [-0.05, 0) is 38.3 Å². The molecular formula is C16H35N3O2S4+2. The number of nitrogens with one attached hydrogen (secondary N) is 1. The van der Waals surface area contributed by atoms with E-state index in [1.807, 2.05) is 0 Å². The van der Waals surface area contributed by atoms with Crippen LogP contribution in [-0.2, 0) is 9.47 Å². The quantitative estimate of drug-likeness (QED) is 0.192. The molecule has 0 fully saturated rings. The lowest BCUT2D eigenvalue weighted by Crippen LogP contribution is -2.79. The van der Waals surface area contributed by atoms with E-state index >= 15 is 0 Å². The van der Waals surface area contributed by atoms with Crippen molar-refractivity contribution in [2.75, 3.05) is 40.5 Å². The lowest BCUT2D eigenvalue weighted by atomic mass is 10.2. The maximum atomic E-state index is 5.58. The third-order valence-electron chi connectivity index (χ3n) is 4.94. The average molecular weight is 430 g/mol. The van der Waals surface area contributed by atoms with Gasteiger partial charge in [-0.3, -0.25) is 0 Å². The Labute approximate surface area is 175 Å². The molecule has 0 aromatic rings. The van der Waals surface area contributed by atoms with E-state index in [4.69, 9.17) is 33.9 Å². The lowest BCUT2D eigenvalue weighted by Gasteiger charge is -2.49. The summed E-state index contributed by atoms with van der Waals surface area (Å²) in [5, 5.41) is 0. The first-order chi connectivity index (χ1) is 11.8. The van der Waals surface area contributed by atoms with E-state index in [0.29, 0.717) is 31.0 Å². The molecule has 0 rings (SSSR count). The van der Waals surface area contributed by atoms with Gasteiger partial charge in [-0.25, -0.2) is 0 Å². The fourth-order valence-corrected chi connectivity index (χ4v) is 4.64. The third-order valence-corrected chi connectivity index (χ3v) is 6.31. The van der Waals surface area contributed by atoms with Crippen LogP contribution in [0.5, 0.6) is 0 Å². The minimum absolute atomic E-state index is 0.117. The van der Waals surface area contributed by atoms with Crippen molar-refractivity contribution < 1.29 is 18.7 Å². The summed E-state index contributed by atoms with van der Waals surface area (Å²) in [5.74, 6) is 0. The van der Waals surface area contributed by atoms with Gasteiger partial charge in [-0.2, -0.15) is 9.18 Å². The molecule has 0 saturated heterocycles. The van der Waals surface area contributed by atoms with Crippen LogP contribution in [0.2, 0.25) is 0 Å². The summed E-state index contributed by atoms with van der Waals surface area (Å²) in [4.78, 5) is 0. The molecule has 4 atom stereocenters. The Bertz CT molecular complexity index is 404.